The number of nitrogens with zero attached hydrogens (tertiary/aromatic N) is 6. The Morgan fingerprint density at radius 3 is 2.52 bits per heavy atom. The summed E-state index contributed by atoms with van der Waals surface area (Å²) >= 11 is 0. The van der Waals surface area contributed by atoms with Crippen molar-refractivity contribution in [3.8, 4) is 11.8 Å². The fourth-order valence-electron chi connectivity index (χ4n) is 1.83. The van der Waals surface area contributed by atoms with Crippen molar-refractivity contribution in [3.63, 3.8) is 0 Å². The SMILES string of the molecule is CCN(CC)c1nc(NC)nc(Oc2cnn(CC)c2)n1. The van der Waals surface area contributed by atoms with E-state index in [0.29, 0.717) is 17.6 Å². The number of ether oxygens (including phenoxy) is 1. The lowest BCUT2D eigenvalue weighted by Gasteiger charge is -2.19. The number of hydrogen-bond acceptors (Lipinski definition) is 7. The van der Waals surface area contributed by atoms with E-state index in [9.17, 15) is 0 Å². The first kappa shape index (κ1) is 15.0. The third-order valence-electron chi connectivity index (χ3n) is 3.02. The Kier molecular flexibility index (Phi) is 4.91. The van der Waals surface area contributed by atoms with Gasteiger partial charge in [-0.05, 0) is 20.8 Å². The summed E-state index contributed by atoms with van der Waals surface area (Å²) in [6, 6.07) is 0.256. The van der Waals surface area contributed by atoms with Crippen LogP contribution >= 0.6 is 0 Å². The highest BCUT2D eigenvalue weighted by atomic mass is 16.5. The highest BCUT2D eigenvalue weighted by Gasteiger charge is 2.12. The van der Waals surface area contributed by atoms with Crippen LogP contribution in [0.15, 0.2) is 12.4 Å². The van der Waals surface area contributed by atoms with Crippen molar-refractivity contribution in [2.75, 3.05) is 30.4 Å². The van der Waals surface area contributed by atoms with E-state index in [1.807, 2.05) is 11.8 Å². The summed E-state index contributed by atoms with van der Waals surface area (Å²) in [5, 5.41) is 7.08. The molecule has 8 heteroatoms. The van der Waals surface area contributed by atoms with Crippen LogP contribution in [0.25, 0.3) is 0 Å². The smallest absolute Gasteiger partial charge is 0.328 e. The van der Waals surface area contributed by atoms with E-state index in [-0.39, 0.29) is 6.01 Å². The number of aromatic nitrogens is 5. The van der Waals surface area contributed by atoms with Crippen LogP contribution in [0.5, 0.6) is 11.8 Å². The second-order valence-electron chi connectivity index (χ2n) is 4.30. The van der Waals surface area contributed by atoms with Crippen molar-refractivity contribution in [1.82, 2.24) is 24.7 Å². The third-order valence-corrected chi connectivity index (χ3v) is 3.02. The predicted molar refractivity (Wildman–Crippen MR) is 80.9 cm³/mol. The first-order valence-electron chi connectivity index (χ1n) is 7.09. The topological polar surface area (TPSA) is 81.0 Å². The fraction of sp³-hybridized carbons (Fsp3) is 0.538. The molecule has 0 radical (unpaired) electrons. The van der Waals surface area contributed by atoms with Crippen molar-refractivity contribution in [2.24, 2.45) is 0 Å². The molecule has 0 unspecified atom stereocenters. The molecule has 0 spiro atoms. The van der Waals surface area contributed by atoms with Crippen LogP contribution in [0, 0.1) is 0 Å². The standard InChI is InChI=1S/C13H21N7O/c1-5-19(6-2)12-16-11(14-4)17-13(18-12)21-10-8-15-20(7-3)9-10/h8-9H,5-7H2,1-4H3,(H,14,16,17,18). The van der Waals surface area contributed by atoms with E-state index in [1.54, 1.807) is 24.1 Å². The van der Waals surface area contributed by atoms with Gasteiger partial charge in [-0.25, -0.2) is 0 Å². The third kappa shape index (κ3) is 3.59. The molecule has 0 fully saturated rings. The molecule has 0 aromatic carbocycles. The molecule has 2 aromatic heterocycles. The van der Waals surface area contributed by atoms with Crippen LogP contribution < -0.4 is 15.0 Å². The highest BCUT2D eigenvalue weighted by Crippen LogP contribution is 2.20. The van der Waals surface area contributed by atoms with Crippen molar-refractivity contribution >= 4 is 11.9 Å². The molecule has 2 heterocycles. The monoisotopic (exact) mass is 291 g/mol. The minimum atomic E-state index is 0.256. The molecule has 21 heavy (non-hydrogen) atoms. The van der Waals surface area contributed by atoms with Crippen molar-refractivity contribution < 1.29 is 4.74 Å². The molecule has 0 atom stereocenters. The van der Waals surface area contributed by atoms with E-state index in [4.69, 9.17) is 4.74 Å². The number of anilines is 2. The van der Waals surface area contributed by atoms with Crippen LogP contribution in [0.2, 0.25) is 0 Å². The molecule has 1 N–H and O–H groups in total. The van der Waals surface area contributed by atoms with E-state index in [0.717, 1.165) is 19.6 Å². The predicted octanol–water partition coefficient (Wildman–Crippen LogP) is 1.77. The van der Waals surface area contributed by atoms with Gasteiger partial charge >= 0.3 is 6.01 Å². The zero-order valence-electron chi connectivity index (χ0n) is 12.9. The van der Waals surface area contributed by atoms with E-state index in [2.05, 4.69) is 39.2 Å². The second kappa shape index (κ2) is 6.87. The summed E-state index contributed by atoms with van der Waals surface area (Å²) in [5.41, 5.74) is 0. The Bertz CT molecular complexity index is 580. The molecule has 0 aliphatic heterocycles. The zero-order valence-corrected chi connectivity index (χ0v) is 12.9. The second-order valence-corrected chi connectivity index (χ2v) is 4.30. The van der Waals surface area contributed by atoms with Gasteiger partial charge in [-0.3, -0.25) is 4.68 Å². The summed E-state index contributed by atoms with van der Waals surface area (Å²) < 4.78 is 7.45. The van der Waals surface area contributed by atoms with Gasteiger partial charge in [0.1, 0.15) is 0 Å². The molecular formula is C13H21N7O. The lowest BCUT2D eigenvalue weighted by molar-refractivity contribution is 0.439. The number of rotatable bonds is 7. The first-order valence-corrected chi connectivity index (χ1v) is 7.09. The molecule has 0 bridgehead atoms. The Labute approximate surface area is 124 Å². The quantitative estimate of drug-likeness (QED) is 0.832. The van der Waals surface area contributed by atoms with Gasteiger partial charge in [-0.2, -0.15) is 20.1 Å². The van der Waals surface area contributed by atoms with Gasteiger partial charge in [-0.15, -0.1) is 0 Å². The maximum absolute atomic E-state index is 5.67. The summed E-state index contributed by atoms with van der Waals surface area (Å²) in [6.45, 7) is 8.54. The van der Waals surface area contributed by atoms with E-state index < -0.39 is 0 Å². The summed E-state index contributed by atoms with van der Waals surface area (Å²) in [7, 11) is 1.76. The largest absolute Gasteiger partial charge is 0.421 e. The zero-order chi connectivity index (χ0) is 15.2. The first-order chi connectivity index (χ1) is 10.2. The summed E-state index contributed by atoms with van der Waals surface area (Å²) in [6.07, 6.45) is 3.45. The number of hydrogen-bond donors (Lipinski definition) is 1. The van der Waals surface area contributed by atoms with Gasteiger partial charge in [0.2, 0.25) is 11.9 Å². The molecule has 0 aliphatic rings. The Balaban J connectivity index is 2.27. The molecular weight excluding hydrogens is 270 g/mol. The van der Waals surface area contributed by atoms with Crippen LogP contribution in [0.4, 0.5) is 11.9 Å². The molecule has 0 saturated heterocycles. The molecule has 0 saturated carbocycles. The Morgan fingerprint density at radius 1 is 1.19 bits per heavy atom. The average molecular weight is 291 g/mol. The van der Waals surface area contributed by atoms with Crippen LogP contribution in [0.3, 0.4) is 0 Å². The lowest BCUT2D eigenvalue weighted by atomic mass is 10.5. The maximum Gasteiger partial charge on any atom is 0.328 e. The normalized spacial score (nSPS) is 10.5. The minimum Gasteiger partial charge on any atom is -0.421 e. The maximum atomic E-state index is 5.67. The van der Waals surface area contributed by atoms with Crippen LogP contribution in [-0.2, 0) is 6.54 Å². The van der Waals surface area contributed by atoms with Gasteiger partial charge in [0.25, 0.3) is 0 Å². The van der Waals surface area contributed by atoms with Crippen molar-refractivity contribution in [2.45, 2.75) is 27.3 Å². The average Bonchev–Trinajstić information content (AvgIpc) is 2.96. The van der Waals surface area contributed by atoms with Crippen molar-refractivity contribution in [3.05, 3.63) is 12.4 Å². The van der Waals surface area contributed by atoms with Gasteiger partial charge in [-0.1, -0.05) is 0 Å². The Morgan fingerprint density at radius 2 is 1.95 bits per heavy atom. The Hall–Kier alpha value is -2.38. The van der Waals surface area contributed by atoms with E-state index in [1.165, 1.54) is 0 Å². The van der Waals surface area contributed by atoms with E-state index >= 15 is 0 Å². The lowest BCUT2D eigenvalue weighted by Crippen LogP contribution is -2.25. The molecule has 2 aromatic rings. The fourth-order valence-corrected chi connectivity index (χ4v) is 1.83. The van der Waals surface area contributed by atoms with Gasteiger partial charge in [0.15, 0.2) is 5.75 Å². The number of aryl methyl sites for hydroxylation is 1. The van der Waals surface area contributed by atoms with Crippen LogP contribution in [0.1, 0.15) is 20.8 Å². The molecule has 0 aliphatic carbocycles. The number of nitrogens with one attached hydrogen (secondary N) is 1. The van der Waals surface area contributed by atoms with Gasteiger partial charge < -0.3 is 15.0 Å². The van der Waals surface area contributed by atoms with Gasteiger partial charge in [0, 0.05) is 26.7 Å². The minimum absolute atomic E-state index is 0.256. The summed E-state index contributed by atoms with van der Waals surface area (Å²) in [5.74, 6) is 1.68. The molecule has 2 rings (SSSR count). The summed E-state index contributed by atoms with van der Waals surface area (Å²) in [4.78, 5) is 15.0. The molecule has 114 valence electrons. The van der Waals surface area contributed by atoms with Crippen molar-refractivity contribution in [1.29, 1.82) is 0 Å². The van der Waals surface area contributed by atoms with Crippen LogP contribution in [-0.4, -0.2) is 44.9 Å². The van der Waals surface area contributed by atoms with Gasteiger partial charge in [0.05, 0.1) is 12.4 Å². The molecule has 8 nitrogen and oxygen atoms in total. The molecule has 0 amide bonds. The highest BCUT2D eigenvalue weighted by molar-refractivity contribution is 5.38.